The van der Waals surface area contributed by atoms with E-state index in [2.05, 4.69) is 58.0 Å². The van der Waals surface area contributed by atoms with Gasteiger partial charge in [0.15, 0.2) is 0 Å². The third-order valence-electron chi connectivity index (χ3n) is 2.30. The van der Waals surface area contributed by atoms with Crippen LogP contribution in [0.1, 0.15) is 31.9 Å². The van der Waals surface area contributed by atoms with Crippen molar-refractivity contribution < 1.29 is 0 Å². The van der Waals surface area contributed by atoms with E-state index < -0.39 is 0 Å². The molecule has 0 heteroatoms. The summed E-state index contributed by atoms with van der Waals surface area (Å²) in [5, 5.41) is 0. The molecule has 1 aromatic carbocycles. The summed E-state index contributed by atoms with van der Waals surface area (Å²) in [7, 11) is 0. The first kappa shape index (κ1) is 11.0. The van der Waals surface area contributed by atoms with Crippen molar-refractivity contribution in [3.05, 3.63) is 47.0 Å². The SMILES string of the molecule is CC(C)=CC(C)Cc1ccc(C)cc1. The molecule has 0 fully saturated rings. The van der Waals surface area contributed by atoms with Crippen molar-refractivity contribution >= 4 is 0 Å². The molecule has 0 heterocycles. The van der Waals surface area contributed by atoms with Gasteiger partial charge in [-0.25, -0.2) is 0 Å². The van der Waals surface area contributed by atoms with Gasteiger partial charge < -0.3 is 0 Å². The minimum Gasteiger partial charge on any atom is -0.0827 e. The quantitative estimate of drug-likeness (QED) is 0.625. The van der Waals surface area contributed by atoms with Crippen LogP contribution in [0.3, 0.4) is 0 Å². The molecule has 0 nitrogen and oxygen atoms in total. The topological polar surface area (TPSA) is 0 Å². The zero-order valence-corrected chi connectivity index (χ0v) is 9.67. The van der Waals surface area contributed by atoms with E-state index in [9.17, 15) is 0 Å². The maximum atomic E-state index is 2.33. The lowest BCUT2D eigenvalue weighted by atomic mass is 9.98. The molecule has 1 rings (SSSR count). The van der Waals surface area contributed by atoms with Crippen molar-refractivity contribution in [3.63, 3.8) is 0 Å². The highest BCUT2D eigenvalue weighted by Gasteiger charge is 1.99. The molecule has 0 aliphatic rings. The van der Waals surface area contributed by atoms with Crippen molar-refractivity contribution in [1.29, 1.82) is 0 Å². The Kier molecular flexibility index (Phi) is 3.94. The Balaban J connectivity index is 2.61. The second kappa shape index (κ2) is 4.99. The van der Waals surface area contributed by atoms with Crippen molar-refractivity contribution in [2.24, 2.45) is 5.92 Å². The highest BCUT2D eigenvalue weighted by atomic mass is 14.0. The van der Waals surface area contributed by atoms with Crippen LogP contribution >= 0.6 is 0 Å². The maximum Gasteiger partial charge on any atom is -0.0218 e. The summed E-state index contributed by atoms with van der Waals surface area (Å²) in [4.78, 5) is 0. The summed E-state index contributed by atoms with van der Waals surface area (Å²) in [6, 6.07) is 8.82. The van der Waals surface area contributed by atoms with Gasteiger partial charge >= 0.3 is 0 Å². The Labute approximate surface area is 87.7 Å². The highest BCUT2D eigenvalue weighted by Crippen LogP contribution is 2.12. The monoisotopic (exact) mass is 188 g/mol. The van der Waals surface area contributed by atoms with Crippen LogP contribution < -0.4 is 0 Å². The van der Waals surface area contributed by atoms with Crippen molar-refractivity contribution in [1.82, 2.24) is 0 Å². The van der Waals surface area contributed by atoms with Gasteiger partial charge in [0.2, 0.25) is 0 Å². The standard InChI is InChI=1S/C14H20/c1-11(2)9-13(4)10-14-7-5-12(3)6-8-14/h5-9,13H,10H2,1-4H3. The molecule has 76 valence electrons. The van der Waals surface area contributed by atoms with Crippen molar-refractivity contribution in [3.8, 4) is 0 Å². The summed E-state index contributed by atoms with van der Waals surface area (Å²) in [6.45, 7) is 8.72. The van der Waals surface area contributed by atoms with E-state index in [4.69, 9.17) is 0 Å². The van der Waals surface area contributed by atoms with E-state index in [0.29, 0.717) is 5.92 Å². The zero-order chi connectivity index (χ0) is 10.6. The van der Waals surface area contributed by atoms with E-state index in [1.54, 1.807) is 0 Å². The first-order chi connectivity index (χ1) is 6.58. The van der Waals surface area contributed by atoms with Crippen LogP contribution in [0.15, 0.2) is 35.9 Å². The van der Waals surface area contributed by atoms with E-state index >= 15 is 0 Å². The molecule has 0 aliphatic heterocycles. The lowest BCUT2D eigenvalue weighted by Crippen LogP contribution is -1.96. The predicted octanol–water partition coefficient (Wildman–Crippen LogP) is 4.14. The van der Waals surface area contributed by atoms with Crippen molar-refractivity contribution in [2.75, 3.05) is 0 Å². The first-order valence-corrected chi connectivity index (χ1v) is 5.28. The smallest absolute Gasteiger partial charge is 0.0218 e. The van der Waals surface area contributed by atoms with Gasteiger partial charge in [-0.2, -0.15) is 0 Å². The molecule has 0 spiro atoms. The zero-order valence-electron chi connectivity index (χ0n) is 9.67. The van der Waals surface area contributed by atoms with Gasteiger partial charge in [0, 0.05) is 0 Å². The van der Waals surface area contributed by atoms with E-state index in [1.807, 2.05) is 0 Å². The van der Waals surface area contributed by atoms with Gasteiger partial charge in [-0.3, -0.25) is 0 Å². The minimum atomic E-state index is 0.641. The molecule has 0 aromatic heterocycles. The Bertz CT molecular complexity index is 299. The number of rotatable bonds is 3. The second-order valence-electron chi connectivity index (χ2n) is 4.41. The second-order valence-corrected chi connectivity index (χ2v) is 4.41. The van der Waals surface area contributed by atoms with E-state index in [0.717, 1.165) is 6.42 Å². The summed E-state index contributed by atoms with van der Waals surface area (Å²) < 4.78 is 0. The number of benzene rings is 1. The lowest BCUT2D eigenvalue weighted by Gasteiger charge is -2.07. The normalized spacial score (nSPS) is 12.3. The molecule has 14 heavy (non-hydrogen) atoms. The molecule has 0 N–H and O–H groups in total. The molecular formula is C14H20. The van der Waals surface area contributed by atoms with Gasteiger partial charge in [0.25, 0.3) is 0 Å². The van der Waals surface area contributed by atoms with Crippen LogP contribution in [0.25, 0.3) is 0 Å². The summed E-state index contributed by atoms with van der Waals surface area (Å²) in [6.07, 6.45) is 3.48. The highest BCUT2D eigenvalue weighted by molar-refractivity contribution is 5.22. The molecule has 1 aromatic rings. The van der Waals surface area contributed by atoms with Crippen LogP contribution in [-0.2, 0) is 6.42 Å². The van der Waals surface area contributed by atoms with E-state index in [-0.39, 0.29) is 0 Å². The largest absolute Gasteiger partial charge is 0.0827 e. The Morgan fingerprint density at radius 1 is 1.21 bits per heavy atom. The Morgan fingerprint density at radius 2 is 1.79 bits per heavy atom. The minimum absolute atomic E-state index is 0.641. The molecular weight excluding hydrogens is 168 g/mol. The average Bonchev–Trinajstić information content (AvgIpc) is 2.07. The van der Waals surface area contributed by atoms with Gasteiger partial charge in [-0.05, 0) is 38.7 Å². The third-order valence-corrected chi connectivity index (χ3v) is 2.30. The molecule has 0 aliphatic carbocycles. The predicted molar refractivity (Wildman–Crippen MR) is 63.5 cm³/mol. The van der Waals surface area contributed by atoms with Gasteiger partial charge in [0.05, 0.1) is 0 Å². The van der Waals surface area contributed by atoms with Crippen molar-refractivity contribution in [2.45, 2.75) is 34.1 Å². The number of hydrogen-bond donors (Lipinski definition) is 0. The van der Waals surface area contributed by atoms with Crippen LogP contribution in [0, 0.1) is 12.8 Å². The summed E-state index contributed by atoms with van der Waals surface area (Å²) in [5.41, 5.74) is 4.17. The molecule has 1 unspecified atom stereocenters. The van der Waals surface area contributed by atoms with Crippen LogP contribution in [-0.4, -0.2) is 0 Å². The molecule has 0 bridgehead atoms. The Hall–Kier alpha value is -1.04. The number of hydrogen-bond acceptors (Lipinski definition) is 0. The van der Waals surface area contributed by atoms with Crippen LogP contribution in [0.2, 0.25) is 0 Å². The lowest BCUT2D eigenvalue weighted by molar-refractivity contribution is 0.717. The van der Waals surface area contributed by atoms with Gasteiger partial charge in [-0.1, -0.05) is 48.4 Å². The average molecular weight is 188 g/mol. The first-order valence-electron chi connectivity index (χ1n) is 5.28. The molecule has 1 atom stereocenters. The van der Waals surface area contributed by atoms with Crippen LogP contribution in [0.4, 0.5) is 0 Å². The fourth-order valence-corrected chi connectivity index (χ4v) is 1.72. The fourth-order valence-electron chi connectivity index (χ4n) is 1.72. The summed E-state index contributed by atoms with van der Waals surface area (Å²) in [5.74, 6) is 0.641. The maximum absolute atomic E-state index is 2.33. The van der Waals surface area contributed by atoms with Crippen LogP contribution in [0.5, 0.6) is 0 Å². The van der Waals surface area contributed by atoms with Gasteiger partial charge in [0.1, 0.15) is 0 Å². The van der Waals surface area contributed by atoms with Gasteiger partial charge in [-0.15, -0.1) is 0 Å². The molecule has 0 saturated heterocycles. The third kappa shape index (κ3) is 3.78. The number of aryl methyl sites for hydroxylation is 1. The Morgan fingerprint density at radius 3 is 2.29 bits per heavy atom. The fraction of sp³-hybridized carbons (Fsp3) is 0.429. The number of allylic oxidation sites excluding steroid dienone is 2. The molecule has 0 amide bonds. The molecule has 0 radical (unpaired) electrons. The molecule has 0 saturated carbocycles. The summed E-state index contributed by atoms with van der Waals surface area (Å²) >= 11 is 0. The van der Waals surface area contributed by atoms with E-state index in [1.165, 1.54) is 16.7 Å².